The van der Waals surface area contributed by atoms with E-state index in [0.717, 1.165) is 36.9 Å². The zero-order valence-electron chi connectivity index (χ0n) is 9.58. The highest BCUT2D eigenvalue weighted by Crippen LogP contribution is 2.37. The number of hydrogen-bond donors (Lipinski definition) is 1. The van der Waals surface area contributed by atoms with Crippen molar-refractivity contribution in [2.24, 2.45) is 0 Å². The third kappa shape index (κ3) is 2.04. The number of nitrogen functional groups attached to an aromatic ring is 1. The molecule has 0 bridgehead atoms. The number of rotatable bonds is 1. The zero-order chi connectivity index (χ0) is 11.4. The molecule has 2 heteroatoms. The average molecular weight is 214 g/mol. The lowest BCUT2D eigenvalue weighted by Gasteiger charge is -2.25. The Hall–Kier alpha value is -1.49. The van der Waals surface area contributed by atoms with Crippen molar-refractivity contribution in [2.45, 2.75) is 43.9 Å². The molecule has 0 heterocycles. The molecule has 2 N–H and O–H groups in total. The monoisotopic (exact) mass is 214 g/mol. The van der Waals surface area contributed by atoms with Crippen LogP contribution in [0.25, 0.3) is 0 Å². The summed E-state index contributed by atoms with van der Waals surface area (Å²) in [5.74, 6) is 0. The highest BCUT2D eigenvalue weighted by molar-refractivity contribution is 5.43. The van der Waals surface area contributed by atoms with Crippen LogP contribution in [-0.4, -0.2) is 0 Å². The lowest BCUT2D eigenvalue weighted by atomic mass is 9.75. The number of nitrogens with zero attached hydrogens (tertiary/aromatic N) is 1. The van der Waals surface area contributed by atoms with E-state index in [1.807, 2.05) is 24.3 Å². The van der Waals surface area contributed by atoms with E-state index in [4.69, 9.17) is 5.73 Å². The Bertz CT molecular complexity index is 378. The summed E-state index contributed by atoms with van der Waals surface area (Å²) >= 11 is 0. The summed E-state index contributed by atoms with van der Waals surface area (Å²) < 4.78 is 0. The first-order valence-electron chi connectivity index (χ1n) is 6.04. The summed E-state index contributed by atoms with van der Waals surface area (Å²) in [6, 6.07) is 10.4. The molecule has 84 valence electrons. The number of anilines is 1. The molecule has 1 aliphatic rings. The summed E-state index contributed by atoms with van der Waals surface area (Å²) in [5, 5.41) is 9.51. The van der Waals surface area contributed by atoms with Gasteiger partial charge in [0.25, 0.3) is 0 Å². The van der Waals surface area contributed by atoms with Crippen LogP contribution >= 0.6 is 0 Å². The van der Waals surface area contributed by atoms with Crippen LogP contribution in [0.3, 0.4) is 0 Å². The molecule has 16 heavy (non-hydrogen) atoms. The molecule has 1 fully saturated rings. The summed E-state index contributed by atoms with van der Waals surface area (Å²) in [5.41, 5.74) is 7.34. The molecule has 1 aromatic rings. The lowest BCUT2D eigenvalue weighted by molar-refractivity contribution is 0.475. The second kappa shape index (κ2) is 4.57. The maximum Gasteiger partial charge on any atom is 0.0822 e. The molecular weight excluding hydrogens is 196 g/mol. The molecule has 1 saturated carbocycles. The van der Waals surface area contributed by atoms with Crippen LogP contribution in [0.2, 0.25) is 0 Å². The topological polar surface area (TPSA) is 49.8 Å². The highest BCUT2D eigenvalue weighted by atomic mass is 14.5. The maximum atomic E-state index is 9.51. The van der Waals surface area contributed by atoms with Crippen molar-refractivity contribution >= 4 is 5.69 Å². The maximum absolute atomic E-state index is 9.51. The van der Waals surface area contributed by atoms with Gasteiger partial charge < -0.3 is 5.73 Å². The molecule has 0 atom stereocenters. The van der Waals surface area contributed by atoms with Gasteiger partial charge >= 0.3 is 0 Å². The molecule has 2 nitrogen and oxygen atoms in total. The fourth-order valence-electron chi connectivity index (χ4n) is 2.60. The minimum Gasteiger partial charge on any atom is -0.399 e. The smallest absolute Gasteiger partial charge is 0.0822 e. The molecule has 0 unspecified atom stereocenters. The molecule has 0 saturated heterocycles. The lowest BCUT2D eigenvalue weighted by Crippen LogP contribution is -2.23. The largest absolute Gasteiger partial charge is 0.399 e. The first-order valence-corrected chi connectivity index (χ1v) is 6.04. The van der Waals surface area contributed by atoms with E-state index in [9.17, 15) is 5.26 Å². The Morgan fingerprint density at radius 3 is 2.06 bits per heavy atom. The van der Waals surface area contributed by atoms with Crippen molar-refractivity contribution in [3.8, 4) is 6.07 Å². The van der Waals surface area contributed by atoms with Gasteiger partial charge in [-0.25, -0.2) is 0 Å². The third-order valence-electron chi connectivity index (χ3n) is 3.63. The highest BCUT2D eigenvalue weighted by Gasteiger charge is 2.32. The summed E-state index contributed by atoms with van der Waals surface area (Å²) in [7, 11) is 0. The third-order valence-corrected chi connectivity index (χ3v) is 3.63. The van der Waals surface area contributed by atoms with E-state index in [0.29, 0.717) is 0 Å². The molecule has 1 aromatic carbocycles. The van der Waals surface area contributed by atoms with E-state index >= 15 is 0 Å². The van der Waals surface area contributed by atoms with Crippen LogP contribution < -0.4 is 5.73 Å². The quantitative estimate of drug-likeness (QED) is 0.575. The second-order valence-electron chi connectivity index (χ2n) is 4.73. The van der Waals surface area contributed by atoms with Crippen molar-refractivity contribution in [3.63, 3.8) is 0 Å². The summed E-state index contributed by atoms with van der Waals surface area (Å²) in [4.78, 5) is 0. The number of nitriles is 1. The molecule has 1 aliphatic carbocycles. The Morgan fingerprint density at radius 2 is 1.56 bits per heavy atom. The van der Waals surface area contributed by atoms with E-state index < -0.39 is 0 Å². The predicted molar refractivity (Wildman–Crippen MR) is 65.8 cm³/mol. The van der Waals surface area contributed by atoms with Crippen LogP contribution in [0.5, 0.6) is 0 Å². The van der Waals surface area contributed by atoms with Crippen LogP contribution in [-0.2, 0) is 5.41 Å². The van der Waals surface area contributed by atoms with Crippen molar-refractivity contribution in [2.75, 3.05) is 5.73 Å². The fraction of sp³-hybridized carbons (Fsp3) is 0.500. The molecule has 0 radical (unpaired) electrons. The van der Waals surface area contributed by atoms with Gasteiger partial charge in [-0.2, -0.15) is 5.26 Å². The van der Waals surface area contributed by atoms with Gasteiger partial charge in [0.15, 0.2) is 0 Å². The van der Waals surface area contributed by atoms with Gasteiger partial charge in [0.2, 0.25) is 0 Å². The summed E-state index contributed by atoms with van der Waals surface area (Å²) in [6.45, 7) is 0. The normalized spacial score (nSPS) is 19.7. The second-order valence-corrected chi connectivity index (χ2v) is 4.73. The van der Waals surface area contributed by atoms with E-state index in [-0.39, 0.29) is 5.41 Å². The Morgan fingerprint density at radius 1 is 1.00 bits per heavy atom. The van der Waals surface area contributed by atoms with E-state index in [2.05, 4.69) is 6.07 Å². The standard InChI is InChI=1S/C14H18N2/c15-11-14(9-3-1-2-4-10-14)12-5-7-13(16)8-6-12/h5-8H,1-4,9-10,16H2. The fourth-order valence-corrected chi connectivity index (χ4v) is 2.60. The molecule has 0 amide bonds. The van der Waals surface area contributed by atoms with Gasteiger partial charge in [-0.15, -0.1) is 0 Å². The Labute approximate surface area is 97.1 Å². The molecule has 0 aromatic heterocycles. The number of nitrogens with two attached hydrogens (primary N) is 1. The van der Waals surface area contributed by atoms with Gasteiger partial charge in [-0.05, 0) is 30.5 Å². The van der Waals surface area contributed by atoms with Crippen LogP contribution in [0.4, 0.5) is 5.69 Å². The average Bonchev–Trinajstić information content (AvgIpc) is 2.56. The summed E-state index contributed by atoms with van der Waals surface area (Å²) in [6.07, 6.45) is 6.84. The SMILES string of the molecule is N#CC1(c2ccc(N)cc2)CCCCCC1. The Kier molecular flexibility index (Phi) is 3.14. The van der Waals surface area contributed by atoms with Crippen LogP contribution in [0, 0.1) is 11.3 Å². The number of benzene rings is 1. The van der Waals surface area contributed by atoms with Gasteiger partial charge in [-0.1, -0.05) is 37.8 Å². The van der Waals surface area contributed by atoms with Gasteiger partial charge in [0.05, 0.1) is 11.5 Å². The number of hydrogen-bond acceptors (Lipinski definition) is 2. The first-order chi connectivity index (χ1) is 7.77. The Balaban J connectivity index is 2.33. The molecular formula is C14H18N2. The van der Waals surface area contributed by atoms with Gasteiger partial charge in [0.1, 0.15) is 0 Å². The first kappa shape index (κ1) is 11.0. The van der Waals surface area contributed by atoms with Gasteiger partial charge in [0, 0.05) is 5.69 Å². The van der Waals surface area contributed by atoms with Crippen LogP contribution in [0.1, 0.15) is 44.1 Å². The van der Waals surface area contributed by atoms with E-state index in [1.165, 1.54) is 12.8 Å². The van der Waals surface area contributed by atoms with Crippen LogP contribution in [0.15, 0.2) is 24.3 Å². The van der Waals surface area contributed by atoms with Crippen molar-refractivity contribution < 1.29 is 0 Å². The molecule has 0 aliphatic heterocycles. The molecule has 0 spiro atoms. The minimum atomic E-state index is -0.260. The predicted octanol–water partition coefficient (Wildman–Crippen LogP) is 3.38. The van der Waals surface area contributed by atoms with Crippen molar-refractivity contribution in [1.82, 2.24) is 0 Å². The molecule has 2 rings (SSSR count). The minimum absolute atomic E-state index is 0.260. The van der Waals surface area contributed by atoms with E-state index in [1.54, 1.807) is 0 Å². The van der Waals surface area contributed by atoms with Crippen molar-refractivity contribution in [1.29, 1.82) is 5.26 Å². The zero-order valence-corrected chi connectivity index (χ0v) is 9.58. The van der Waals surface area contributed by atoms with Gasteiger partial charge in [-0.3, -0.25) is 0 Å². The van der Waals surface area contributed by atoms with Crippen molar-refractivity contribution in [3.05, 3.63) is 29.8 Å².